The molecule has 10 heteroatoms. The monoisotopic (exact) mass is 419 g/mol. The van der Waals surface area contributed by atoms with Crippen LogP contribution >= 0.6 is 11.3 Å². The van der Waals surface area contributed by atoms with Gasteiger partial charge in [-0.1, -0.05) is 17.3 Å². The largest absolute Gasteiger partial charge is 0.449 e. The molecule has 0 aliphatic heterocycles. The second kappa shape index (κ2) is 7.46. The Bertz CT molecular complexity index is 1090. The van der Waals surface area contributed by atoms with Gasteiger partial charge in [0.05, 0.1) is 15.3 Å². The molecule has 8 nitrogen and oxygen atoms in total. The lowest BCUT2D eigenvalue weighted by Gasteiger charge is -2.10. The summed E-state index contributed by atoms with van der Waals surface area (Å²) in [5, 5.41) is 5.78. The Balaban J connectivity index is 1.47. The Morgan fingerprint density at radius 1 is 1.32 bits per heavy atom. The zero-order valence-electron chi connectivity index (χ0n) is 14.9. The summed E-state index contributed by atoms with van der Waals surface area (Å²) >= 11 is 1.47. The molecule has 0 saturated heterocycles. The average Bonchev–Trinajstić information content (AvgIpc) is 3.15. The van der Waals surface area contributed by atoms with Crippen molar-refractivity contribution in [3.8, 4) is 10.7 Å². The van der Waals surface area contributed by atoms with Crippen molar-refractivity contribution in [3.05, 3.63) is 53.2 Å². The lowest BCUT2D eigenvalue weighted by atomic mass is 10.2. The smallest absolute Gasteiger partial charge is 0.338 e. The van der Waals surface area contributed by atoms with Gasteiger partial charge in [0.1, 0.15) is 0 Å². The van der Waals surface area contributed by atoms with Gasteiger partial charge in [-0.15, -0.1) is 11.3 Å². The topological polar surface area (TPSA) is 111 Å². The van der Waals surface area contributed by atoms with Gasteiger partial charge in [0, 0.05) is 6.04 Å². The fraction of sp³-hybridized carbons (Fsp3) is 0.278. The van der Waals surface area contributed by atoms with Gasteiger partial charge in [-0.05, 0) is 49.4 Å². The first-order chi connectivity index (χ1) is 13.4. The Morgan fingerprint density at radius 2 is 2.14 bits per heavy atom. The van der Waals surface area contributed by atoms with E-state index in [4.69, 9.17) is 9.26 Å². The van der Waals surface area contributed by atoms with Crippen LogP contribution in [-0.2, 0) is 14.8 Å². The molecule has 0 bridgehead atoms. The third kappa shape index (κ3) is 4.13. The van der Waals surface area contributed by atoms with Crippen LogP contribution < -0.4 is 4.72 Å². The van der Waals surface area contributed by atoms with E-state index in [1.807, 2.05) is 17.5 Å². The first-order valence-corrected chi connectivity index (χ1v) is 11.0. The van der Waals surface area contributed by atoms with Crippen LogP contribution in [0.25, 0.3) is 10.7 Å². The summed E-state index contributed by atoms with van der Waals surface area (Å²) < 4.78 is 37.8. The molecule has 1 unspecified atom stereocenters. The maximum Gasteiger partial charge on any atom is 0.338 e. The van der Waals surface area contributed by atoms with Crippen LogP contribution in [0.5, 0.6) is 0 Å². The first-order valence-electron chi connectivity index (χ1n) is 8.63. The Morgan fingerprint density at radius 3 is 2.86 bits per heavy atom. The molecule has 2 heterocycles. The van der Waals surface area contributed by atoms with Crippen molar-refractivity contribution in [2.45, 2.75) is 36.8 Å². The summed E-state index contributed by atoms with van der Waals surface area (Å²) in [5.41, 5.74) is 0.128. The van der Waals surface area contributed by atoms with E-state index in [1.165, 1.54) is 35.6 Å². The summed E-state index contributed by atoms with van der Waals surface area (Å²) in [6.45, 7) is 1.61. The van der Waals surface area contributed by atoms with Crippen LogP contribution in [0.2, 0.25) is 0 Å². The van der Waals surface area contributed by atoms with Crippen molar-refractivity contribution in [3.63, 3.8) is 0 Å². The van der Waals surface area contributed by atoms with E-state index in [-0.39, 0.29) is 22.4 Å². The lowest BCUT2D eigenvalue weighted by molar-refractivity contribution is 0.0265. The second-order valence-electron chi connectivity index (χ2n) is 6.40. The number of thiophene rings is 1. The molecule has 1 fully saturated rings. The first kappa shape index (κ1) is 18.8. The number of hydrogen-bond donors (Lipinski definition) is 1. The predicted octanol–water partition coefficient (Wildman–Crippen LogP) is 3.16. The molecule has 3 aromatic rings. The number of carbonyl (C=O) groups is 1. The van der Waals surface area contributed by atoms with Crippen molar-refractivity contribution in [2.24, 2.45) is 0 Å². The molecule has 1 atom stereocenters. The predicted molar refractivity (Wildman–Crippen MR) is 101 cm³/mol. The fourth-order valence-electron chi connectivity index (χ4n) is 2.46. The number of benzene rings is 1. The maximum atomic E-state index is 12.5. The Kier molecular flexibility index (Phi) is 5.00. The molecular weight excluding hydrogens is 402 g/mol. The van der Waals surface area contributed by atoms with Crippen LogP contribution in [0.4, 0.5) is 0 Å². The van der Waals surface area contributed by atoms with Crippen LogP contribution in [0.15, 0.2) is 51.2 Å². The number of ether oxygens (including phenoxy) is 1. The summed E-state index contributed by atoms with van der Waals surface area (Å²) in [4.78, 5) is 17.6. The van der Waals surface area contributed by atoms with Crippen LogP contribution in [0, 0.1) is 0 Å². The third-order valence-corrected chi connectivity index (χ3v) is 6.48. The quantitative estimate of drug-likeness (QED) is 0.586. The van der Waals surface area contributed by atoms with E-state index >= 15 is 0 Å². The Hall–Kier alpha value is -2.56. The number of hydrogen-bond acceptors (Lipinski definition) is 8. The summed E-state index contributed by atoms with van der Waals surface area (Å²) in [5.74, 6) is -0.0880. The molecule has 1 aliphatic carbocycles. The highest BCUT2D eigenvalue weighted by Crippen LogP contribution is 2.25. The van der Waals surface area contributed by atoms with E-state index < -0.39 is 22.1 Å². The van der Waals surface area contributed by atoms with Crippen LogP contribution in [0.3, 0.4) is 0 Å². The highest BCUT2D eigenvalue weighted by atomic mass is 32.2. The number of carbonyl (C=O) groups excluding carboxylic acids is 1. The lowest BCUT2D eigenvalue weighted by Crippen LogP contribution is -2.26. The summed E-state index contributed by atoms with van der Waals surface area (Å²) in [7, 11) is -3.65. The minimum absolute atomic E-state index is 0.0179. The molecule has 0 spiro atoms. The molecule has 1 aliphatic rings. The molecule has 146 valence electrons. The van der Waals surface area contributed by atoms with E-state index in [2.05, 4.69) is 14.9 Å². The molecule has 4 rings (SSSR count). The van der Waals surface area contributed by atoms with Gasteiger partial charge in [-0.3, -0.25) is 0 Å². The van der Waals surface area contributed by atoms with E-state index in [0.29, 0.717) is 5.82 Å². The zero-order valence-corrected chi connectivity index (χ0v) is 16.5. The molecular formula is C18H17N3O5S2. The second-order valence-corrected chi connectivity index (χ2v) is 9.07. The van der Waals surface area contributed by atoms with Gasteiger partial charge in [-0.2, -0.15) is 4.98 Å². The molecule has 1 N–H and O–H groups in total. The highest BCUT2D eigenvalue weighted by molar-refractivity contribution is 7.89. The zero-order chi connectivity index (χ0) is 19.7. The van der Waals surface area contributed by atoms with Gasteiger partial charge in [0.25, 0.3) is 5.89 Å². The maximum absolute atomic E-state index is 12.5. The van der Waals surface area contributed by atoms with Crippen molar-refractivity contribution in [1.29, 1.82) is 0 Å². The van der Waals surface area contributed by atoms with E-state index in [9.17, 15) is 13.2 Å². The van der Waals surface area contributed by atoms with Gasteiger partial charge < -0.3 is 9.26 Å². The Labute approximate surface area is 165 Å². The average molecular weight is 419 g/mol. The molecule has 0 amide bonds. The van der Waals surface area contributed by atoms with E-state index in [1.54, 1.807) is 6.92 Å². The SMILES string of the molecule is CC(OC(=O)c1cccc(S(=O)(=O)NC2CC2)c1)c1nc(-c2cccs2)no1. The number of nitrogens with one attached hydrogen (secondary N) is 1. The summed E-state index contributed by atoms with van der Waals surface area (Å²) in [6.07, 6.45) is 0.880. The molecule has 1 aromatic carbocycles. The van der Waals surface area contributed by atoms with Crippen LogP contribution in [-0.4, -0.2) is 30.6 Å². The van der Waals surface area contributed by atoms with Crippen molar-refractivity contribution in [1.82, 2.24) is 14.9 Å². The number of nitrogens with zero attached hydrogens (tertiary/aromatic N) is 2. The molecule has 2 aromatic heterocycles. The van der Waals surface area contributed by atoms with Crippen LogP contribution in [0.1, 0.15) is 42.1 Å². The van der Waals surface area contributed by atoms with Gasteiger partial charge in [0.2, 0.25) is 15.8 Å². The van der Waals surface area contributed by atoms with Gasteiger partial charge >= 0.3 is 5.97 Å². The van der Waals surface area contributed by atoms with E-state index in [0.717, 1.165) is 17.7 Å². The number of sulfonamides is 1. The fourth-order valence-corrected chi connectivity index (χ4v) is 4.46. The van der Waals surface area contributed by atoms with Gasteiger partial charge in [0.15, 0.2) is 6.10 Å². The van der Waals surface area contributed by atoms with Gasteiger partial charge in [-0.25, -0.2) is 17.9 Å². The number of aromatic nitrogens is 2. The van der Waals surface area contributed by atoms with Crippen molar-refractivity contribution >= 4 is 27.3 Å². The van der Waals surface area contributed by atoms with Crippen molar-refractivity contribution < 1.29 is 22.5 Å². The normalized spacial score (nSPS) is 15.3. The summed E-state index contributed by atoms with van der Waals surface area (Å²) in [6, 6.07) is 9.45. The highest BCUT2D eigenvalue weighted by Gasteiger charge is 2.28. The molecule has 28 heavy (non-hydrogen) atoms. The number of rotatable bonds is 7. The number of esters is 1. The minimum atomic E-state index is -3.65. The van der Waals surface area contributed by atoms with Crippen molar-refractivity contribution in [2.75, 3.05) is 0 Å². The minimum Gasteiger partial charge on any atom is -0.449 e. The third-order valence-electron chi connectivity index (χ3n) is 4.09. The standard InChI is InChI=1S/C18H17N3O5S2/c1-11(17-19-16(20-26-17)15-6-3-9-27-15)25-18(22)12-4-2-5-14(10-12)28(23,24)21-13-7-8-13/h2-6,9-11,13,21H,7-8H2,1H3. The molecule has 1 saturated carbocycles. The molecule has 0 radical (unpaired) electrons.